The van der Waals surface area contributed by atoms with Gasteiger partial charge in [-0.15, -0.1) is 0 Å². The van der Waals surface area contributed by atoms with Crippen molar-refractivity contribution in [1.29, 1.82) is 0 Å². The summed E-state index contributed by atoms with van der Waals surface area (Å²) in [7, 11) is 0. The molecule has 0 spiro atoms. The largest absolute Gasteiger partial charge is 0.469 e. The van der Waals surface area contributed by atoms with Crippen molar-refractivity contribution in [2.75, 3.05) is 0 Å². The van der Waals surface area contributed by atoms with Crippen LogP contribution in [0.25, 0.3) is 0 Å². The first kappa shape index (κ1) is 11.9. The number of rotatable bonds is 4. The third-order valence-corrected chi connectivity index (χ3v) is 2.96. The quantitative estimate of drug-likeness (QED) is 0.869. The molecule has 0 aliphatic carbocycles. The SMILES string of the molecule is CC(C)c1ccc(C(O)Cc2ccco2)cc1. The van der Waals surface area contributed by atoms with Gasteiger partial charge >= 0.3 is 0 Å². The van der Waals surface area contributed by atoms with E-state index in [0.717, 1.165) is 11.3 Å². The fourth-order valence-electron chi connectivity index (χ4n) is 1.84. The van der Waals surface area contributed by atoms with E-state index in [-0.39, 0.29) is 0 Å². The maximum atomic E-state index is 10.1. The number of aliphatic hydroxyl groups is 1. The van der Waals surface area contributed by atoms with Crippen LogP contribution in [0.15, 0.2) is 47.1 Å². The van der Waals surface area contributed by atoms with Gasteiger partial charge in [-0.1, -0.05) is 38.1 Å². The van der Waals surface area contributed by atoms with Crippen molar-refractivity contribution in [3.8, 4) is 0 Å². The van der Waals surface area contributed by atoms with Crippen LogP contribution in [-0.4, -0.2) is 5.11 Å². The van der Waals surface area contributed by atoms with Crippen molar-refractivity contribution < 1.29 is 9.52 Å². The summed E-state index contributed by atoms with van der Waals surface area (Å²) in [5.74, 6) is 1.33. The van der Waals surface area contributed by atoms with Crippen LogP contribution in [0.1, 0.15) is 42.8 Å². The summed E-state index contributed by atoms with van der Waals surface area (Å²) < 4.78 is 5.23. The summed E-state index contributed by atoms with van der Waals surface area (Å²) in [6, 6.07) is 11.8. The van der Waals surface area contributed by atoms with Gasteiger partial charge in [0, 0.05) is 6.42 Å². The average molecular weight is 230 g/mol. The summed E-state index contributed by atoms with van der Waals surface area (Å²) in [6.45, 7) is 4.32. The highest BCUT2D eigenvalue weighted by molar-refractivity contribution is 5.26. The van der Waals surface area contributed by atoms with Crippen molar-refractivity contribution in [2.24, 2.45) is 0 Å². The maximum absolute atomic E-state index is 10.1. The second kappa shape index (κ2) is 5.19. The maximum Gasteiger partial charge on any atom is 0.106 e. The molecule has 2 rings (SSSR count). The molecule has 1 heterocycles. The zero-order valence-electron chi connectivity index (χ0n) is 10.3. The Hall–Kier alpha value is -1.54. The zero-order valence-corrected chi connectivity index (χ0v) is 10.3. The molecule has 0 aliphatic rings. The van der Waals surface area contributed by atoms with Gasteiger partial charge in [0.25, 0.3) is 0 Å². The number of aliphatic hydroxyl groups excluding tert-OH is 1. The standard InChI is InChI=1S/C15H18O2/c1-11(2)12-5-7-13(8-6-12)15(16)10-14-4-3-9-17-14/h3-9,11,15-16H,10H2,1-2H3. The van der Waals surface area contributed by atoms with Gasteiger partial charge in [-0.25, -0.2) is 0 Å². The van der Waals surface area contributed by atoms with E-state index in [9.17, 15) is 5.11 Å². The molecule has 2 heteroatoms. The van der Waals surface area contributed by atoms with Crippen molar-refractivity contribution in [2.45, 2.75) is 32.3 Å². The molecule has 0 radical (unpaired) electrons. The molecule has 0 amide bonds. The van der Waals surface area contributed by atoms with Gasteiger partial charge in [0.1, 0.15) is 5.76 Å². The number of furan rings is 1. The molecule has 0 saturated heterocycles. The van der Waals surface area contributed by atoms with Crippen molar-refractivity contribution in [1.82, 2.24) is 0 Å². The lowest BCUT2D eigenvalue weighted by molar-refractivity contribution is 0.170. The molecule has 2 aromatic rings. The van der Waals surface area contributed by atoms with Crippen molar-refractivity contribution >= 4 is 0 Å². The summed E-state index contributed by atoms with van der Waals surface area (Å²) >= 11 is 0. The number of hydrogen-bond acceptors (Lipinski definition) is 2. The van der Waals surface area contributed by atoms with Crippen molar-refractivity contribution in [3.05, 3.63) is 59.5 Å². The zero-order chi connectivity index (χ0) is 12.3. The molecule has 17 heavy (non-hydrogen) atoms. The molecule has 1 aromatic heterocycles. The van der Waals surface area contributed by atoms with E-state index in [1.54, 1.807) is 6.26 Å². The third-order valence-electron chi connectivity index (χ3n) is 2.96. The topological polar surface area (TPSA) is 33.4 Å². The summed E-state index contributed by atoms with van der Waals surface area (Å²) in [4.78, 5) is 0. The molecule has 1 N–H and O–H groups in total. The predicted octanol–water partition coefficient (Wildman–Crippen LogP) is 3.68. The monoisotopic (exact) mass is 230 g/mol. The Kier molecular flexibility index (Phi) is 3.64. The molecule has 1 unspecified atom stereocenters. The lowest BCUT2D eigenvalue weighted by atomic mass is 9.99. The fraction of sp³-hybridized carbons (Fsp3) is 0.333. The van der Waals surface area contributed by atoms with E-state index in [0.29, 0.717) is 12.3 Å². The highest BCUT2D eigenvalue weighted by atomic mass is 16.3. The van der Waals surface area contributed by atoms with E-state index in [2.05, 4.69) is 26.0 Å². The molecule has 1 aromatic carbocycles. The molecular formula is C15H18O2. The van der Waals surface area contributed by atoms with Crippen molar-refractivity contribution in [3.63, 3.8) is 0 Å². The van der Waals surface area contributed by atoms with Gasteiger partial charge in [0.05, 0.1) is 12.4 Å². The normalized spacial score (nSPS) is 12.9. The van der Waals surface area contributed by atoms with Crippen LogP contribution in [0.3, 0.4) is 0 Å². The Balaban J connectivity index is 2.06. The molecule has 0 saturated carbocycles. The molecule has 0 fully saturated rings. The van der Waals surface area contributed by atoms with E-state index in [4.69, 9.17) is 4.42 Å². The van der Waals surface area contributed by atoms with Crippen LogP contribution in [0.5, 0.6) is 0 Å². The second-order valence-corrected chi connectivity index (χ2v) is 4.62. The summed E-state index contributed by atoms with van der Waals surface area (Å²) in [5.41, 5.74) is 2.23. The molecule has 90 valence electrons. The molecule has 1 atom stereocenters. The molecule has 2 nitrogen and oxygen atoms in total. The number of hydrogen-bond donors (Lipinski definition) is 1. The lowest BCUT2D eigenvalue weighted by Crippen LogP contribution is -2.01. The van der Waals surface area contributed by atoms with Crippen LogP contribution < -0.4 is 0 Å². The Morgan fingerprint density at radius 1 is 1.06 bits per heavy atom. The van der Waals surface area contributed by atoms with E-state index < -0.39 is 6.10 Å². The van der Waals surface area contributed by atoms with E-state index >= 15 is 0 Å². The average Bonchev–Trinajstić information content (AvgIpc) is 2.82. The smallest absolute Gasteiger partial charge is 0.106 e. The van der Waals surface area contributed by atoms with E-state index in [1.807, 2.05) is 24.3 Å². The Bertz CT molecular complexity index is 440. The minimum absolute atomic E-state index is 0.498. The van der Waals surface area contributed by atoms with Crippen LogP contribution in [-0.2, 0) is 6.42 Å². The first-order valence-electron chi connectivity index (χ1n) is 5.97. The van der Waals surface area contributed by atoms with Gasteiger partial charge in [-0.05, 0) is 29.2 Å². The Morgan fingerprint density at radius 3 is 2.24 bits per heavy atom. The molecule has 0 bridgehead atoms. The number of benzene rings is 1. The Morgan fingerprint density at radius 2 is 1.71 bits per heavy atom. The molecule has 0 aliphatic heterocycles. The minimum Gasteiger partial charge on any atom is -0.469 e. The predicted molar refractivity (Wildman–Crippen MR) is 67.9 cm³/mol. The van der Waals surface area contributed by atoms with Gasteiger partial charge < -0.3 is 9.52 Å². The van der Waals surface area contributed by atoms with Crippen LogP contribution in [0.4, 0.5) is 0 Å². The van der Waals surface area contributed by atoms with Gasteiger partial charge in [0.15, 0.2) is 0 Å². The summed E-state index contributed by atoms with van der Waals surface area (Å²) in [5, 5.41) is 10.1. The fourth-order valence-corrected chi connectivity index (χ4v) is 1.84. The van der Waals surface area contributed by atoms with Gasteiger partial charge in [-0.3, -0.25) is 0 Å². The lowest BCUT2D eigenvalue weighted by Gasteiger charge is -2.11. The van der Waals surface area contributed by atoms with E-state index in [1.165, 1.54) is 5.56 Å². The van der Waals surface area contributed by atoms with Gasteiger partial charge in [0.2, 0.25) is 0 Å². The first-order chi connectivity index (χ1) is 8.16. The second-order valence-electron chi connectivity index (χ2n) is 4.62. The first-order valence-corrected chi connectivity index (χ1v) is 5.97. The third kappa shape index (κ3) is 2.98. The minimum atomic E-state index is -0.498. The van der Waals surface area contributed by atoms with Gasteiger partial charge in [-0.2, -0.15) is 0 Å². The van der Waals surface area contributed by atoms with Crippen LogP contribution in [0, 0.1) is 0 Å². The highest BCUT2D eigenvalue weighted by Crippen LogP contribution is 2.21. The Labute approximate surface area is 102 Å². The highest BCUT2D eigenvalue weighted by Gasteiger charge is 2.10. The van der Waals surface area contributed by atoms with Crippen LogP contribution in [0.2, 0.25) is 0 Å². The molecular weight excluding hydrogens is 212 g/mol. The summed E-state index contributed by atoms with van der Waals surface area (Å²) in [6.07, 6.45) is 1.65. The van der Waals surface area contributed by atoms with Crippen LogP contribution >= 0.6 is 0 Å².